The molecule has 2 rings (SSSR count). The van der Waals surface area contributed by atoms with Gasteiger partial charge < -0.3 is 0 Å². The second kappa shape index (κ2) is 7.27. The fraction of sp³-hybridized carbons (Fsp3) is 0.467. The predicted octanol–water partition coefficient (Wildman–Crippen LogP) is 5.17. The Morgan fingerprint density at radius 2 is 2.17 bits per heavy atom. The van der Waals surface area contributed by atoms with Crippen LogP contribution in [0.4, 0.5) is 0 Å². The number of allylic oxidation sites excluding steroid dienone is 2. The summed E-state index contributed by atoms with van der Waals surface area (Å²) in [5.41, 5.74) is 2.36. The number of fused-ring (bicyclic) bond motifs is 1. The summed E-state index contributed by atoms with van der Waals surface area (Å²) in [7, 11) is 0. The molecule has 18 heavy (non-hydrogen) atoms. The smallest absolute Gasteiger partial charge is 0.120 e. The topological polar surface area (TPSA) is 25.8 Å². The van der Waals surface area contributed by atoms with Crippen molar-refractivity contribution >= 4 is 27.1 Å². The van der Waals surface area contributed by atoms with Crippen LogP contribution in [-0.2, 0) is 0 Å². The van der Waals surface area contributed by atoms with E-state index in [2.05, 4.69) is 36.8 Å². The molecule has 2 nitrogen and oxygen atoms in total. The minimum atomic E-state index is 0.568. The van der Waals surface area contributed by atoms with Gasteiger partial charge in [0.2, 0.25) is 0 Å². The van der Waals surface area contributed by atoms with Gasteiger partial charge in [0.15, 0.2) is 0 Å². The number of hydrogen-bond donors (Lipinski definition) is 0. The molecule has 98 valence electrons. The van der Waals surface area contributed by atoms with E-state index in [0.717, 1.165) is 16.9 Å². The molecule has 0 saturated carbocycles. The summed E-state index contributed by atoms with van der Waals surface area (Å²) < 4.78 is 1.22. The zero-order valence-corrected chi connectivity index (χ0v) is 12.7. The zero-order chi connectivity index (χ0) is 13.5. The van der Waals surface area contributed by atoms with E-state index in [9.17, 15) is 0 Å². The van der Waals surface area contributed by atoms with Gasteiger partial charge in [0.05, 0.1) is 10.9 Å². The number of pyridine rings is 1. The van der Waals surface area contributed by atoms with E-state index in [1.165, 1.54) is 10.3 Å². The molecule has 1 unspecified atom stereocenters. The molecule has 0 bridgehead atoms. The third-order valence-electron chi connectivity index (χ3n) is 2.89. The Bertz CT molecular complexity index is 481. The molecule has 2 aromatic rings. The van der Waals surface area contributed by atoms with E-state index in [4.69, 9.17) is 0 Å². The van der Waals surface area contributed by atoms with Gasteiger partial charge in [0.1, 0.15) is 10.5 Å². The molecule has 0 aliphatic rings. The fourth-order valence-electron chi connectivity index (χ4n) is 1.74. The number of hydrogen-bond acceptors (Lipinski definition) is 3. The molecule has 0 N–H and O–H groups in total. The van der Waals surface area contributed by atoms with Crippen molar-refractivity contribution in [3.05, 3.63) is 29.5 Å². The van der Waals surface area contributed by atoms with Crippen molar-refractivity contribution in [2.24, 2.45) is 5.92 Å². The fourth-order valence-corrected chi connectivity index (χ4v) is 2.86. The van der Waals surface area contributed by atoms with E-state index in [1.54, 1.807) is 11.3 Å². The second-order valence-electron chi connectivity index (χ2n) is 3.92. The largest absolute Gasteiger partial charge is 0.262 e. The Morgan fingerprint density at radius 3 is 2.72 bits per heavy atom. The van der Waals surface area contributed by atoms with Crippen molar-refractivity contribution < 1.29 is 0 Å². The molecule has 3 heteroatoms. The highest BCUT2D eigenvalue weighted by Gasteiger charge is 2.12. The van der Waals surface area contributed by atoms with Crippen LogP contribution in [0.1, 0.15) is 46.0 Å². The van der Waals surface area contributed by atoms with Gasteiger partial charge in [-0.2, -0.15) is 0 Å². The van der Waals surface area contributed by atoms with Crippen LogP contribution in [0.5, 0.6) is 0 Å². The van der Waals surface area contributed by atoms with E-state index in [1.807, 2.05) is 32.3 Å². The lowest BCUT2D eigenvalue weighted by Gasteiger charge is -2.10. The van der Waals surface area contributed by atoms with Gasteiger partial charge in [-0.1, -0.05) is 33.8 Å². The first kappa shape index (κ1) is 14.8. The lowest BCUT2D eigenvalue weighted by molar-refractivity contribution is 0.716. The van der Waals surface area contributed by atoms with Crippen LogP contribution >= 0.6 is 11.3 Å². The summed E-state index contributed by atoms with van der Waals surface area (Å²) >= 11 is 1.75. The van der Waals surface area contributed by atoms with Crippen molar-refractivity contribution in [1.29, 1.82) is 0 Å². The van der Waals surface area contributed by atoms with E-state index in [-0.39, 0.29) is 0 Å². The van der Waals surface area contributed by atoms with Gasteiger partial charge >= 0.3 is 0 Å². The van der Waals surface area contributed by atoms with Gasteiger partial charge in [-0.25, -0.2) is 4.98 Å². The molecule has 0 radical (unpaired) electrons. The molecular weight excluding hydrogens is 240 g/mol. The Hall–Kier alpha value is -1.22. The Kier molecular flexibility index (Phi) is 5.99. The maximum atomic E-state index is 4.64. The maximum absolute atomic E-state index is 4.64. The first-order valence-corrected chi connectivity index (χ1v) is 7.45. The first-order valence-electron chi connectivity index (χ1n) is 6.63. The van der Waals surface area contributed by atoms with Crippen LogP contribution in [0, 0.1) is 5.92 Å². The number of nitrogens with zero attached hydrogens (tertiary/aromatic N) is 2. The van der Waals surface area contributed by atoms with E-state index < -0.39 is 0 Å². The first-order chi connectivity index (χ1) is 8.76. The number of rotatable bonds is 3. The molecule has 2 heterocycles. The van der Waals surface area contributed by atoms with Crippen molar-refractivity contribution in [3.8, 4) is 0 Å². The quantitative estimate of drug-likeness (QED) is 0.763. The SMILES string of the molecule is C/C=C(/c1nc2cnccc2s1)C(C)CC.CC. The number of thiazole rings is 1. The molecule has 0 spiro atoms. The van der Waals surface area contributed by atoms with Crippen molar-refractivity contribution in [1.82, 2.24) is 9.97 Å². The zero-order valence-electron chi connectivity index (χ0n) is 11.9. The maximum Gasteiger partial charge on any atom is 0.120 e. The third-order valence-corrected chi connectivity index (χ3v) is 3.98. The normalized spacial score (nSPS) is 13.1. The predicted molar refractivity (Wildman–Crippen MR) is 81.9 cm³/mol. The monoisotopic (exact) mass is 262 g/mol. The summed E-state index contributed by atoms with van der Waals surface area (Å²) in [6.07, 6.45) is 6.98. The lowest BCUT2D eigenvalue weighted by atomic mass is 9.99. The van der Waals surface area contributed by atoms with E-state index in [0.29, 0.717) is 5.92 Å². The van der Waals surface area contributed by atoms with E-state index >= 15 is 0 Å². The average Bonchev–Trinajstić information content (AvgIpc) is 2.85. The Morgan fingerprint density at radius 1 is 1.44 bits per heavy atom. The molecule has 1 atom stereocenters. The summed E-state index contributed by atoms with van der Waals surface area (Å²) in [6.45, 7) is 10.6. The van der Waals surface area contributed by atoms with Crippen molar-refractivity contribution in [2.75, 3.05) is 0 Å². The van der Waals surface area contributed by atoms with Gasteiger partial charge in [0, 0.05) is 6.20 Å². The van der Waals surface area contributed by atoms with Gasteiger partial charge in [-0.3, -0.25) is 4.98 Å². The molecule has 0 amide bonds. The highest BCUT2D eigenvalue weighted by molar-refractivity contribution is 7.19. The summed E-state index contributed by atoms with van der Waals surface area (Å²) in [5.74, 6) is 0.568. The van der Waals surface area contributed by atoms with Crippen LogP contribution < -0.4 is 0 Å². The Labute approximate surface area is 114 Å². The standard InChI is InChI=1S/C13H16N2S.C2H6/c1-4-9(3)10(5-2)13-15-11-8-14-7-6-12(11)16-13;1-2/h5-9H,4H2,1-3H3;1-2H3/b10-5+;. The minimum absolute atomic E-state index is 0.568. The van der Waals surface area contributed by atoms with Crippen LogP contribution in [0.3, 0.4) is 0 Å². The molecule has 0 fully saturated rings. The lowest BCUT2D eigenvalue weighted by Crippen LogP contribution is -1.96. The summed E-state index contributed by atoms with van der Waals surface area (Å²) in [4.78, 5) is 8.74. The molecule has 0 aliphatic heterocycles. The average molecular weight is 262 g/mol. The van der Waals surface area contributed by atoms with Crippen LogP contribution in [0.25, 0.3) is 15.8 Å². The third kappa shape index (κ3) is 3.16. The van der Waals surface area contributed by atoms with Gasteiger partial charge in [-0.15, -0.1) is 11.3 Å². The second-order valence-corrected chi connectivity index (χ2v) is 4.95. The van der Waals surface area contributed by atoms with Gasteiger partial charge in [0.25, 0.3) is 0 Å². The molecule has 2 aromatic heterocycles. The van der Waals surface area contributed by atoms with Crippen LogP contribution in [0.2, 0.25) is 0 Å². The highest BCUT2D eigenvalue weighted by Crippen LogP contribution is 2.31. The molecule has 0 saturated heterocycles. The number of aromatic nitrogens is 2. The molecule has 0 aliphatic carbocycles. The Balaban J connectivity index is 0.000000771. The van der Waals surface area contributed by atoms with Gasteiger partial charge in [-0.05, 0) is 30.9 Å². The van der Waals surface area contributed by atoms with Crippen LogP contribution in [-0.4, -0.2) is 9.97 Å². The minimum Gasteiger partial charge on any atom is -0.262 e. The van der Waals surface area contributed by atoms with Crippen molar-refractivity contribution in [3.63, 3.8) is 0 Å². The molecular formula is C15H22N2S. The van der Waals surface area contributed by atoms with Crippen LogP contribution in [0.15, 0.2) is 24.5 Å². The van der Waals surface area contributed by atoms with Crippen molar-refractivity contribution in [2.45, 2.75) is 41.0 Å². The highest BCUT2D eigenvalue weighted by atomic mass is 32.1. The molecule has 0 aromatic carbocycles. The summed E-state index contributed by atoms with van der Waals surface area (Å²) in [5, 5.41) is 1.14. The summed E-state index contributed by atoms with van der Waals surface area (Å²) in [6, 6.07) is 2.03.